The predicted octanol–water partition coefficient (Wildman–Crippen LogP) is 2.27. The maximum Gasteiger partial charge on any atom is 0.233 e. The van der Waals surface area contributed by atoms with Crippen LogP contribution in [-0.2, 0) is 13.6 Å². The molecule has 0 unspecified atom stereocenters. The molecular formula is C13H12ClN5O. The molecule has 2 aromatic heterocycles. The van der Waals surface area contributed by atoms with E-state index in [1.807, 2.05) is 7.05 Å². The Labute approximate surface area is 120 Å². The van der Waals surface area contributed by atoms with Crippen LogP contribution in [0.1, 0.15) is 5.56 Å². The van der Waals surface area contributed by atoms with Gasteiger partial charge in [0.25, 0.3) is 0 Å². The van der Waals surface area contributed by atoms with Crippen molar-refractivity contribution in [2.24, 2.45) is 12.8 Å². The van der Waals surface area contributed by atoms with Crippen molar-refractivity contribution >= 4 is 22.6 Å². The highest BCUT2D eigenvalue weighted by Gasteiger charge is 2.13. The highest BCUT2D eigenvalue weighted by Crippen LogP contribution is 2.31. The fraction of sp³-hybridized carbons (Fsp3) is 0.154. The van der Waals surface area contributed by atoms with Gasteiger partial charge in [-0.2, -0.15) is 5.10 Å². The topological polar surface area (TPSA) is 78.9 Å². The number of aryl methyl sites for hydroxylation is 1. The summed E-state index contributed by atoms with van der Waals surface area (Å²) >= 11 is 6.11. The van der Waals surface area contributed by atoms with Crippen molar-refractivity contribution in [3.63, 3.8) is 0 Å². The number of nitrogens with two attached hydrogens (primary N) is 1. The smallest absolute Gasteiger partial charge is 0.233 e. The molecule has 3 rings (SSSR count). The Hall–Kier alpha value is -2.18. The Morgan fingerprint density at radius 3 is 3.00 bits per heavy atom. The molecule has 1 aromatic carbocycles. The third-order valence-corrected chi connectivity index (χ3v) is 3.33. The van der Waals surface area contributed by atoms with Gasteiger partial charge in [0.2, 0.25) is 5.88 Å². The first-order valence-electron chi connectivity index (χ1n) is 5.98. The molecule has 0 saturated carbocycles. The molecule has 0 fully saturated rings. The Morgan fingerprint density at radius 1 is 1.35 bits per heavy atom. The standard InChI is InChI=1S/C13H12ClN5O/c1-19-12-9(6-18-19)13(17-7-16-12)20-11-4-2-3-10(14)8(11)5-15/h2-4,6-7H,5,15H2,1H3. The first-order valence-corrected chi connectivity index (χ1v) is 6.36. The number of hydrogen-bond donors (Lipinski definition) is 1. The molecular weight excluding hydrogens is 278 g/mol. The molecule has 0 aliphatic rings. The summed E-state index contributed by atoms with van der Waals surface area (Å²) in [6, 6.07) is 5.38. The molecule has 0 saturated heterocycles. The molecule has 7 heteroatoms. The van der Waals surface area contributed by atoms with Gasteiger partial charge in [-0.05, 0) is 12.1 Å². The highest BCUT2D eigenvalue weighted by molar-refractivity contribution is 6.31. The van der Waals surface area contributed by atoms with E-state index in [1.54, 1.807) is 29.1 Å². The van der Waals surface area contributed by atoms with Gasteiger partial charge in [-0.1, -0.05) is 17.7 Å². The van der Waals surface area contributed by atoms with Crippen LogP contribution in [0.5, 0.6) is 11.6 Å². The zero-order chi connectivity index (χ0) is 14.1. The van der Waals surface area contributed by atoms with Gasteiger partial charge in [-0.15, -0.1) is 0 Å². The molecule has 0 atom stereocenters. The van der Waals surface area contributed by atoms with Gasteiger partial charge < -0.3 is 10.5 Å². The lowest BCUT2D eigenvalue weighted by Crippen LogP contribution is -2.01. The molecule has 0 bridgehead atoms. The van der Waals surface area contributed by atoms with E-state index in [-0.39, 0.29) is 6.54 Å². The van der Waals surface area contributed by atoms with Crippen LogP contribution < -0.4 is 10.5 Å². The monoisotopic (exact) mass is 289 g/mol. The fourth-order valence-electron chi connectivity index (χ4n) is 1.96. The summed E-state index contributed by atoms with van der Waals surface area (Å²) in [5.74, 6) is 1.02. The van der Waals surface area contributed by atoms with E-state index in [1.165, 1.54) is 6.33 Å². The van der Waals surface area contributed by atoms with Crippen LogP contribution in [0.4, 0.5) is 0 Å². The van der Waals surface area contributed by atoms with E-state index in [4.69, 9.17) is 22.1 Å². The predicted molar refractivity (Wildman–Crippen MR) is 75.7 cm³/mol. The lowest BCUT2D eigenvalue weighted by atomic mass is 10.2. The number of rotatable bonds is 3. The van der Waals surface area contributed by atoms with E-state index >= 15 is 0 Å². The molecule has 6 nitrogen and oxygen atoms in total. The third-order valence-electron chi connectivity index (χ3n) is 2.98. The zero-order valence-electron chi connectivity index (χ0n) is 10.7. The maximum atomic E-state index is 6.11. The Bertz CT molecular complexity index is 771. The van der Waals surface area contributed by atoms with Crippen molar-refractivity contribution in [1.82, 2.24) is 19.7 Å². The molecule has 102 valence electrons. The normalized spacial score (nSPS) is 10.9. The number of benzene rings is 1. The number of halogens is 1. The van der Waals surface area contributed by atoms with Gasteiger partial charge in [-0.3, -0.25) is 4.68 Å². The first-order chi connectivity index (χ1) is 9.70. The average molecular weight is 290 g/mol. The van der Waals surface area contributed by atoms with Crippen LogP contribution in [0.15, 0.2) is 30.7 Å². The van der Waals surface area contributed by atoms with Crippen molar-refractivity contribution in [2.75, 3.05) is 0 Å². The summed E-state index contributed by atoms with van der Waals surface area (Å²) in [5.41, 5.74) is 7.15. The number of fused-ring (bicyclic) bond motifs is 1. The van der Waals surface area contributed by atoms with Crippen LogP contribution in [0, 0.1) is 0 Å². The van der Waals surface area contributed by atoms with E-state index in [9.17, 15) is 0 Å². The van der Waals surface area contributed by atoms with Crippen LogP contribution in [-0.4, -0.2) is 19.7 Å². The molecule has 3 aromatic rings. The van der Waals surface area contributed by atoms with Crippen LogP contribution in [0.3, 0.4) is 0 Å². The summed E-state index contributed by atoms with van der Waals surface area (Å²) in [4.78, 5) is 8.31. The van der Waals surface area contributed by atoms with E-state index in [0.29, 0.717) is 22.3 Å². The largest absolute Gasteiger partial charge is 0.438 e. The summed E-state index contributed by atoms with van der Waals surface area (Å²) in [6.07, 6.45) is 3.10. The molecule has 0 aliphatic carbocycles. The molecule has 0 amide bonds. The van der Waals surface area contributed by atoms with Crippen molar-refractivity contribution < 1.29 is 4.74 Å². The molecule has 0 spiro atoms. The minimum atomic E-state index is 0.288. The summed E-state index contributed by atoms with van der Waals surface area (Å²) in [6.45, 7) is 0.288. The van der Waals surface area contributed by atoms with Gasteiger partial charge in [0.15, 0.2) is 5.65 Å². The summed E-state index contributed by atoms with van der Waals surface area (Å²) in [7, 11) is 1.81. The average Bonchev–Trinajstić information content (AvgIpc) is 2.82. The lowest BCUT2D eigenvalue weighted by molar-refractivity contribution is 0.462. The molecule has 0 radical (unpaired) electrons. The van der Waals surface area contributed by atoms with E-state index in [0.717, 1.165) is 10.9 Å². The molecule has 20 heavy (non-hydrogen) atoms. The Kier molecular flexibility index (Phi) is 3.25. The van der Waals surface area contributed by atoms with Gasteiger partial charge in [0, 0.05) is 24.2 Å². The van der Waals surface area contributed by atoms with E-state index in [2.05, 4.69) is 15.1 Å². The summed E-state index contributed by atoms with van der Waals surface area (Å²) < 4.78 is 7.50. The minimum absolute atomic E-state index is 0.288. The zero-order valence-corrected chi connectivity index (χ0v) is 11.5. The maximum absolute atomic E-state index is 6.11. The van der Waals surface area contributed by atoms with Crippen molar-refractivity contribution in [1.29, 1.82) is 0 Å². The number of hydrogen-bond acceptors (Lipinski definition) is 5. The summed E-state index contributed by atoms with van der Waals surface area (Å²) in [5, 5.41) is 5.45. The quantitative estimate of drug-likeness (QED) is 0.800. The van der Waals surface area contributed by atoms with Crippen molar-refractivity contribution in [2.45, 2.75) is 6.54 Å². The van der Waals surface area contributed by atoms with Gasteiger partial charge in [0.05, 0.1) is 6.20 Å². The van der Waals surface area contributed by atoms with E-state index < -0.39 is 0 Å². The highest BCUT2D eigenvalue weighted by atomic mass is 35.5. The SMILES string of the molecule is Cn1ncc2c(Oc3cccc(Cl)c3CN)ncnc21. The minimum Gasteiger partial charge on any atom is -0.438 e. The number of aromatic nitrogens is 4. The third kappa shape index (κ3) is 2.09. The van der Waals surface area contributed by atoms with Crippen molar-refractivity contribution in [3.05, 3.63) is 41.3 Å². The van der Waals surface area contributed by atoms with Gasteiger partial charge in [-0.25, -0.2) is 9.97 Å². The number of ether oxygens (including phenoxy) is 1. The lowest BCUT2D eigenvalue weighted by Gasteiger charge is -2.10. The van der Waals surface area contributed by atoms with Crippen LogP contribution in [0.2, 0.25) is 5.02 Å². The number of nitrogens with zero attached hydrogens (tertiary/aromatic N) is 4. The van der Waals surface area contributed by atoms with Gasteiger partial charge >= 0.3 is 0 Å². The molecule has 2 heterocycles. The fourth-order valence-corrected chi connectivity index (χ4v) is 2.20. The Balaban J connectivity index is 2.08. The van der Waals surface area contributed by atoms with Crippen molar-refractivity contribution in [3.8, 4) is 11.6 Å². The second-order valence-electron chi connectivity index (χ2n) is 4.21. The molecule has 2 N–H and O–H groups in total. The van der Waals surface area contributed by atoms with Crippen LogP contribution >= 0.6 is 11.6 Å². The second-order valence-corrected chi connectivity index (χ2v) is 4.61. The van der Waals surface area contributed by atoms with Gasteiger partial charge in [0.1, 0.15) is 17.5 Å². The first kappa shape index (κ1) is 12.8. The van der Waals surface area contributed by atoms with Crippen LogP contribution in [0.25, 0.3) is 11.0 Å². The second kappa shape index (κ2) is 5.07. The molecule has 0 aliphatic heterocycles. The Morgan fingerprint density at radius 2 is 2.20 bits per heavy atom.